The molecule has 6 nitrogen and oxygen atoms in total. The number of pyridine rings is 1. The number of fused-ring (bicyclic) bond motifs is 1. The van der Waals surface area contributed by atoms with Crippen LogP contribution in [0.1, 0.15) is 58.2 Å². The summed E-state index contributed by atoms with van der Waals surface area (Å²) >= 11 is 0. The van der Waals surface area contributed by atoms with Crippen LogP contribution in [0.3, 0.4) is 0 Å². The molecule has 1 aliphatic heterocycles. The van der Waals surface area contributed by atoms with Crippen LogP contribution in [0.4, 0.5) is 5.82 Å². The third-order valence-electron chi connectivity index (χ3n) is 6.45. The van der Waals surface area contributed by atoms with Gasteiger partial charge < -0.3 is 10.0 Å². The van der Waals surface area contributed by atoms with Gasteiger partial charge in [-0.25, -0.2) is 9.97 Å². The Morgan fingerprint density at radius 1 is 1.10 bits per heavy atom. The van der Waals surface area contributed by atoms with Gasteiger partial charge >= 0.3 is 0 Å². The van der Waals surface area contributed by atoms with Crippen molar-refractivity contribution in [3.8, 4) is 11.4 Å². The molecule has 4 rings (SSSR count). The average Bonchev–Trinajstić information content (AvgIpc) is 3.21. The minimum absolute atomic E-state index is 0.386. The number of aryl methyl sites for hydroxylation is 1. The first-order valence-electron chi connectivity index (χ1n) is 11.4. The smallest absolute Gasteiger partial charge is 0.163 e. The van der Waals surface area contributed by atoms with Crippen LogP contribution in [0.2, 0.25) is 0 Å². The molecule has 0 spiro atoms. The van der Waals surface area contributed by atoms with E-state index >= 15 is 0 Å². The van der Waals surface area contributed by atoms with Gasteiger partial charge in [-0.2, -0.15) is 0 Å². The molecule has 0 saturated carbocycles. The summed E-state index contributed by atoms with van der Waals surface area (Å²) < 4.78 is 0. The first kappa shape index (κ1) is 21.2. The maximum Gasteiger partial charge on any atom is 0.163 e. The van der Waals surface area contributed by atoms with Gasteiger partial charge in [-0.15, -0.1) is 0 Å². The van der Waals surface area contributed by atoms with Gasteiger partial charge in [0, 0.05) is 60.9 Å². The minimum Gasteiger partial charge on any atom is -0.389 e. The van der Waals surface area contributed by atoms with E-state index in [1.54, 1.807) is 6.20 Å². The molecule has 0 unspecified atom stereocenters. The first-order chi connectivity index (χ1) is 14.4. The number of β-amino-alcohol motifs (C(OH)–C–C–N with tert-alkyl or cyclic N) is 1. The van der Waals surface area contributed by atoms with E-state index in [0.29, 0.717) is 18.6 Å². The molecule has 0 aromatic carbocycles. The SMILES string of the molecule is CC[C@@H]1CN(c2nc(-c3cccnc3)nc3c2CCC3)[C@H](CC)CN1CC(C)(C)O. The standard InChI is InChI=1S/C24H35N5O/c1-5-18-15-29(19(6-2)14-28(18)16-24(3,4)30)23-20-10-7-11-21(20)26-22(27-23)17-9-8-12-25-13-17/h8-9,12-13,18-19,30H,5-7,10-11,14-16H2,1-4H3/t18-,19-/m1/s1. The highest BCUT2D eigenvalue weighted by atomic mass is 16.3. The quantitative estimate of drug-likeness (QED) is 0.788. The lowest BCUT2D eigenvalue weighted by Gasteiger charge is -2.48. The number of anilines is 1. The zero-order valence-corrected chi connectivity index (χ0v) is 18.8. The van der Waals surface area contributed by atoms with Gasteiger partial charge in [-0.3, -0.25) is 9.88 Å². The fourth-order valence-electron chi connectivity index (χ4n) is 4.97. The van der Waals surface area contributed by atoms with Gasteiger partial charge in [0.2, 0.25) is 0 Å². The highest BCUT2D eigenvalue weighted by Crippen LogP contribution is 2.35. The van der Waals surface area contributed by atoms with Crippen LogP contribution >= 0.6 is 0 Å². The maximum atomic E-state index is 10.4. The van der Waals surface area contributed by atoms with Crippen LogP contribution in [0, 0.1) is 0 Å². The summed E-state index contributed by atoms with van der Waals surface area (Å²) in [5.74, 6) is 1.92. The summed E-state index contributed by atoms with van der Waals surface area (Å²) in [4.78, 5) is 19.3. The van der Waals surface area contributed by atoms with Crippen LogP contribution in [0.5, 0.6) is 0 Å². The minimum atomic E-state index is -0.683. The Hall–Kier alpha value is -2.05. The van der Waals surface area contributed by atoms with Gasteiger partial charge in [0.1, 0.15) is 5.82 Å². The number of hydrogen-bond donors (Lipinski definition) is 1. The molecule has 2 aliphatic rings. The van der Waals surface area contributed by atoms with E-state index in [2.05, 4.69) is 28.6 Å². The number of rotatable bonds is 6. The summed E-state index contributed by atoms with van der Waals surface area (Å²) in [6.45, 7) is 10.9. The lowest BCUT2D eigenvalue weighted by Crippen LogP contribution is -2.60. The molecule has 1 aliphatic carbocycles. The van der Waals surface area contributed by atoms with Gasteiger partial charge in [-0.1, -0.05) is 13.8 Å². The molecule has 6 heteroatoms. The molecule has 2 atom stereocenters. The fraction of sp³-hybridized carbons (Fsp3) is 0.625. The van der Waals surface area contributed by atoms with E-state index in [0.717, 1.165) is 62.4 Å². The molecule has 0 radical (unpaired) electrons. The summed E-state index contributed by atoms with van der Waals surface area (Å²) in [6, 6.07) is 4.79. The molecular weight excluding hydrogens is 374 g/mol. The van der Waals surface area contributed by atoms with E-state index in [1.165, 1.54) is 11.3 Å². The average molecular weight is 410 g/mol. The molecule has 3 heterocycles. The van der Waals surface area contributed by atoms with Crippen molar-refractivity contribution in [3.05, 3.63) is 35.8 Å². The number of aromatic nitrogens is 3. The largest absolute Gasteiger partial charge is 0.389 e. The van der Waals surface area contributed by atoms with Gasteiger partial charge in [0.25, 0.3) is 0 Å². The van der Waals surface area contributed by atoms with Crippen molar-refractivity contribution < 1.29 is 5.11 Å². The lowest BCUT2D eigenvalue weighted by atomic mass is 9.98. The van der Waals surface area contributed by atoms with Gasteiger partial charge in [0.15, 0.2) is 5.82 Å². The lowest BCUT2D eigenvalue weighted by molar-refractivity contribution is 0.00990. The van der Waals surface area contributed by atoms with Gasteiger partial charge in [0.05, 0.1) is 5.60 Å². The topological polar surface area (TPSA) is 65.4 Å². The Morgan fingerprint density at radius 2 is 1.90 bits per heavy atom. The predicted molar refractivity (Wildman–Crippen MR) is 121 cm³/mol. The van der Waals surface area contributed by atoms with Gasteiger partial charge in [-0.05, 0) is 58.1 Å². The van der Waals surface area contributed by atoms with E-state index in [-0.39, 0.29) is 0 Å². The molecule has 2 aromatic heterocycles. The first-order valence-corrected chi connectivity index (χ1v) is 11.4. The third kappa shape index (κ3) is 4.35. The molecule has 0 bridgehead atoms. The Balaban J connectivity index is 1.71. The van der Waals surface area contributed by atoms with E-state index in [4.69, 9.17) is 9.97 Å². The van der Waals surface area contributed by atoms with Crippen LogP contribution in [-0.4, -0.2) is 62.3 Å². The van der Waals surface area contributed by atoms with Crippen molar-refractivity contribution in [1.82, 2.24) is 19.9 Å². The molecule has 1 saturated heterocycles. The maximum absolute atomic E-state index is 10.4. The molecule has 1 fully saturated rings. The van der Waals surface area contributed by atoms with Crippen molar-refractivity contribution in [2.75, 3.05) is 24.5 Å². The molecular formula is C24H35N5O. The van der Waals surface area contributed by atoms with Crippen molar-refractivity contribution >= 4 is 5.82 Å². The molecule has 1 N–H and O–H groups in total. The summed E-state index contributed by atoms with van der Waals surface area (Å²) in [7, 11) is 0. The molecule has 162 valence electrons. The number of hydrogen-bond acceptors (Lipinski definition) is 6. The Morgan fingerprint density at radius 3 is 2.57 bits per heavy atom. The molecule has 0 amide bonds. The van der Waals surface area contributed by atoms with E-state index < -0.39 is 5.60 Å². The monoisotopic (exact) mass is 409 g/mol. The van der Waals surface area contributed by atoms with Crippen molar-refractivity contribution in [1.29, 1.82) is 0 Å². The van der Waals surface area contributed by atoms with E-state index in [1.807, 2.05) is 32.2 Å². The zero-order valence-electron chi connectivity index (χ0n) is 18.8. The van der Waals surface area contributed by atoms with Crippen molar-refractivity contribution in [3.63, 3.8) is 0 Å². The van der Waals surface area contributed by atoms with Crippen LogP contribution < -0.4 is 4.90 Å². The Kier molecular flexibility index (Phi) is 6.07. The zero-order chi connectivity index (χ0) is 21.3. The highest BCUT2D eigenvalue weighted by molar-refractivity contribution is 5.61. The summed E-state index contributed by atoms with van der Waals surface area (Å²) in [6.07, 6.45) is 9.01. The predicted octanol–water partition coefficient (Wildman–Crippen LogP) is 3.48. The van der Waals surface area contributed by atoms with Crippen LogP contribution in [-0.2, 0) is 12.8 Å². The Bertz CT molecular complexity index is 864. The van der Waals surface area contributed by atoms with E-state index in [9.17, 15) is 5.11 Å². The molecule has 2 aromatic rings. The summed E-state index contributed by atoms with van der Waals surface area (Å²) in [5.41, 5.74) is 2.85. The normalized spacial score (nSPS) is 22.4. The third-order valence-corrected chi connectivity index (χ3v) is 6.45. The van der Waals surface area contributed by atoms with Crippen LogP contribution in [0.15, 0.2) is 24.5 Å². The summed E-state index contributed by atoms with van der Waals surface area (Å²) in [5, 5.41) is 10.4. The molecule has 30 heavy (non-hydrogen) atoms. The number of piperazine rings is 1. The Labute approximate surface area is 180 Å². The second-order valence-electron chi connectivity index (χ2n) is 9.41. The fourth-order valence-corrected chi connectivity index (χ4v) is 4.97. The van der Waals surface area contributed by atoms with Crippen LogP contribution in [0.25, 0.3) is 11.4 Å². The number of nitrogens with zero attached hydrogens (tertiary/aromatic N) is 5. The van der Waals surface area contributed by atoms with Crippen molar-refractivity contribution in [2.45, 2.75) is 77.5 Å². The highest BCUT2D eigenvalue weighted by Gasteiger charge is 2.37. The second-order valence-corrected chi connectivity index (χ2v) is 9.41. The van der Waals surface area contributed by atoms with Crippen molar-refractivity contribution in [2.24, 2.45) is 0 Å². The second kappa shape index (κ2) is 8.60. The number of aliphatic hydroxyl groups is 1.